The molecule has 6 heteroatoms. The molecule has 0 spiro atoms. The third-order valence-corrected chi connectivity index (χ3v) is 3.32. The van der Waals surface area contributed by atoms with Crippen molar-refractivity contribution in [3.63, 3.8) is 0 Å². The zero-order chi connectivity index (χ0) is 12.7. The number of hydrogen-bond donors (Lipinski definition) is 2. The van der Waals surface area contributed by atoms with Crippen molar-refractivity contribution in [2.24, 2.45) is 10.7 Å². The molecule has 1 aromatic rings. The van der Waals surface area contributed by atoms with E-state index in [0.29, 0.717) is 12.5 Å². The van der Waals surface area contributed by atoms with Crippen LogP contribution in [0.1, 0.15) is 23.7 Å². The third-order valence-electron chi connectivity index (χ3n) is 2.11. The first-order valence-electron chi connectivity index (χ1n) is 5.73. The van der Waals surface area contributed by atoms with Gasteiger partial charge in [0, 0.05) is 24.0 Å². The molecule has 0 atom stereocenters. The first-order chi connectivity index (χ1) is 8.11. The third kappa shape index (κ3) is 6.95. The molecule has 0 aliphatic carbocycles. The van der Waals surface area contributed by atoms with Crippen LogP contribution in [0.2, 0.25) is 0 Å². The van der Waals surface area contributed by atoms with Gasteiger partial charge in [-0.3, -0.25) is 0 Å². The summed E-state index contributed by atoms with van der Waals surface area (Å²) in [6, 6.07) is 0. The first kappa shape index (κ1) is 17.4. The van der Waals surface area contributed by atoms with E-state index in [-0.39, 0.29) is 24.0 Å². The molecule has 0 aliphatic rings. The van der Waals surface area contributed by atoms with Crippen molar-refractivity contribution < 1.29 is 0 Å². The SMILES string of the molecule is C=C(C)CN=C(N)NCCc1ncc(CC)s1.I. The number of guanidine groups is 1. The van der Waals surface area contributed by atoms with E-state index < -0.39 is 0 Å². The zero-order valence-electron chi connectivity index (χ0n) is 10.9. The van der Waals surface area contributed by atoms with Crippen LogP contribution >= 0.6 is 35.3 Å². The van der Waals surface area contributed by atoms with E-state index in [9.17, 15) is 0 Å². The standard InChI is InChI=1S/C12H20N4S.HI/c1-4-10-8-15-11(17-10)5-6-14-12(13)16-7-9(2)3;/h8H,2,4-7H2,1,3H3,(H3,13,14,16);1H. The van der Waals surface area contributed by atoms with E-state index in [0.717, 1.165) is 30.0 Å². The number of nitrogens with two attached hydrogens (primary N) is 1. The van der Waals surface area contributed by atoms with Crippen molar-refractivity contribution in [3.05, 3.63) is 28.2 Å². The second-order valence-electron chi connectivity index (χ2n) is 3.91. The minimum Gasteiger partial charge on any atom is -0.370 e. The molecule has 0 bridgehead atoms. The lowest BCUT2D eigenvalue weighted by atomic mass is 10.4. The van der Waals surface area contributed by atoms with Crippen LogP contribution in [-0.2, 0) is 12.8 Å². The van der Waals surface area contributed by atoms with Gasteiger partial charge in [-0.1, -0.05) is 19.1 Å². The predicted molar refractivity (Wildman–Crippen MR) is 89.9 cm³/mol. The van der Waals surface area contributed by atoms with Gasteiger partial charge >= 0.3 is 0 Å². The minimum absolute atomic E-state index is 0. The Bertz CT molecular complexity index is 401. The van der Waals surface area contributed by atoms with Gasteiger partial charge in [0.2, 0.25) is 0 Å². The van der Waals surface area contributed by atoms with Gasteiger partial charge in [-0.05, 0) is 13.3 Å². The summed E-state index contributed by atoms with van der Waals surface area (Å²) in [5.41, 5.74) is 6.70. The summed E-state index contributed by atoms with van der Waals surface area (Å²) in [6.07, 6.45) is 3.87. The number of halogens is 1. The number of nitrogens with zero attached hydrogens (tertiary/aromatic N) is 2. The van der Waals surface area contributed by atoms with Crippen molar-refractivity contribution in [2.45, 2.75) is 26.7 Å². The number of aliphatic imine (C=N–C) groups is 1. The van der Waals surface area contributed by atoms with E-state index in [1.54, 1.807) is 11.3 Å². The molecule has 0 aromatic carbocycles. The van der Waals surface area contributed by atoms with Crippen LogP contribution in [0.4, 0.5) is 0 Å². The Kier molecular flexibility index (Phi) is 8.99. The van der Waals surface area contributed by atoms with Gasteiger partial charge in [0.05, 0.1) is 11.6 Å². The molecule has 1 aromatic heterocycles. The number of rotatable bonds is 6. The Morgan fingerprint density at radius 2 is 2.33 bits per heavy atom. The van der Waals surface area contributed by atoms with Gasteiger partial charge in [-0.2, -0.15) is 0 Å². The number of hydrogen-bond acceptors (Lipinski definition) is 3. The number of aryl methyl sites for hydroxylation is 1. The lowest BCUT2D eigenvalue weighted by Gasteiger charge is -2.03. The van der Waals surface area contributed by atoms with Crippen LogP contribution in [0.15, 0.2) is 23.3 Å². The molecule has 1 rings (SSSR count). The Morgan fingerprint density at radius 3 is 2.89 bits per heavy atom. The topological polar surface area (TPSA) is 63.3 Å². The Hall–Kier alpha value is -0.630. The smallest absolute Gasteiger partial charge is 0.188 e. The molecule has 18 heavy (non-hydrogen) atoms. The highest BCUT2D eigenvalue weighted by atomic mass is 127. The Labute approximate surface area is 130 Å². The quantitative estimate of drug-likeness (QED) is 0.345. The molecule has 0 amide bonds. The molecule has 0 saturated carbocycles. The maximum Gasteiger partial charge on any atom is 0.188 e. The molecule has 3 N–H and O–H groups in total. The van der Waals surface area contributed by atoms with Gasteiger partial charge in [-0.25, -0.2) is 9.98 Å². The van der Waals surface area contributed by atoms with Gasteiger partial charge in [0.1, 0.15) is 0 Å². The molecule has 0 unspecified atom stereocenters. The highest BCUT2D eigenvalue weighted by molar-refractivity contribution is 14.0. The maximum absolute atomic E-state index is 5.70. The van der Waals surface area contributed by atoms with Crippen molar-refractivity contribution in [3.8, 4) is 0 Å². The van der Waals surface area contributed by atoms with Crippen molar-refractivity contribution in [1.29, 1.82) is 0 Å². The average molecular weight is 380 g/mol. The van der Waals surface area contributed by atoms with Crippen LogP contribution in [-0.4, -0.2) is 24.0 Å². The van der Waals surface area contributed by atoms with Gasteiger partial charge in [0.15, 0.2) is 5.96 Å². The van der Waals surface area contributed by atoms with Crippen LogP contribution in [0.25, 0.3) is 0 Å². The summed E-state index contributed by atoms with van der Waals surface area (Å²) in [6.45, 7) is 9.18. The molecular formula is C12H21IN4S. The molecule has 1 heterocycles. The monoisotopic (exact) mass is 380 g/mol. The fourth-order valence-electron chi connectivity index (χ4n) is 1.20. The van der Waals surface area contributed by atoms with E-state index in [1.165, 1.54) is 4.88 Å². The highest BCUT2D eigenvalue weighted by Crippen LogP contribution is 2.13. The molecule has 102 valence electrons. The molecular weight excluding hydrogens is 359 g/mol. The summed E-state index contributed by atoms with van der Waals surface area (Å²) in [7, 11) is 0. The Balaban J connectivity index is 0.00000289. The number of thiazole rings is 1. The van der Waals surface area contributed by atoms with Crippen LogP contribution < -0.4 is 11.1 Å². The normalized spacial score (nSPS) is 10.9. The summed E-state index contributed by atoms with van der Waals surface area (Å²) in [4.78, 5) is 9.81. The summed E-state index contributed by atoms with van der Waals surface area (Å²) in [5.74, 6) is 0.472. The summed E-state index contributed by atoms with van der Waals surface area (Å²) < 4.78 is 0. The van der Waals surface area contributed by atoms with E-state index in [1.807, 2.05) is 13.1 Å². The molecule has 0 fully saturated rings. The van der Waals surface area contributed by atoms with E-state index in [2.05, 4.69) is 28.8 Å². The molecule has 0 radical (unpaired) electrons. The second kappa shape index (κ2) is 9.32. The Morgan fingerprint density at radius 1 is 1.61 bits per heavy atom. The zero-order valence-corrected chi connectivity index (χ0v) is 14.0. The van der Waals surface area contributed by atoms with Crippen molar-refractivity contribution in [1.82, 2.24) is 10.3 Å². The van der Waals surface area contributed by atoms with Gasteiger partial charge in [0.25, 0.3) is 0 Å². The number of nitrogens with one attached hydrogen (secondary N) is 1. The maximum atomic E-state index is 5.70. The molecule has 0 saturated heterocycles. The van der Waals surface area contributed by atoms with Crippen LogP contribution in [0, 0.1) is 0 Å². The lowest BCUT2D eigenvalue weighted by molar-refractivity contribution is 0.846. The largest absolute Gasteiger partial charge is 0.370 e. The predicted octanol–water partition coefficient (Wildman–Crippen LogP) is 2.35. The molecule has 0 aliphatic heterocycles. The fourth-order valence-corrected chi connectivity index (χ4v) is 2.06. The van der Waals surface area contributed by atoms with Crippen LogP contribution in [0.5, 0.6) is 0 Å². The highest BCUT2D eigenvalue weighted by Gasteiger charge is 2.00. The number of aromatic nitrogens is 1. The van der Waals surface area contributed by atoms with Crippen molar-refractivity contribution >= 4 is 41.3 Å². The van der Waals surface area contributed by atoms with E-state index >= 15 is 0 Å². The van der Waals surface area contributed by atoms with Gasteiger partial charge in [-0.15, -0.1) is 35.3 Å². The second-order valence-corrected chi connectivity index (χ2v) is 5.11. The van der Waals surface area contributed by atoms with Crippen LogP contribution in [0.3, 0.4) is 0 Å². The summed E-state index contributed by atoms with van der Waals surface area (Å²) >= 11 is 1.76. The van der Waals surface area contributed by atoms with Crippen molar-refractivity contribution in [2.75, 3.05) is 13.1 Å². The minimum atomic E-state index is 0. The first-order valence-corrected chi connectivity index (χ1v) is 6.55. The summed E-state index contributed by atoms with van der Waals surface area (Å²) in [5, 5.41) is 4.21. The lowest BCUT2D eigenvalue weighted by Crippen LogP contribution is -2.33. The van der Waals surface area contributed by atoms with Gasteiger partial charge < -0.3 is 11.1 Å². The van der Waals surface area contributed by atoms with E-state index in [4.69, 9.17) is 5.73 Å². The fraction of sp³-hybridized carbons (Fsp3) is 0.500. The molecule has 4 nitrogen and oxygen atoms in total. The average Bonchev–Trinajstić information content (AvgIpc) is 2.74.